The SMILES string of the molecule is COC1C(OP(=O)(O)OCCCCCN)[C@@H](CO)O[C@H]1OCC(O)C(O)C(O)COP(=O)(OCc1ccccc1)OC1C(OC)[C@H](OCC(O)C(O)C(O)CO)O[C@@H]1CO. The number of methoxy groups -OCH3 is 2. The predicted molar refractivity (Wildman–Crippen MR) is 201 cm³/mol. The highest BCUT2D eigenvalue weighted by Crippen LogP contribution is 2.54. The first-order valence-electron chi connectivity index (χ1n) is 19.0. The molecule has 0 bridgehead atoms. The van der Waals surface area contributed by atoms with Crippen molar-refractivity contribution in [3.05, 3.63) is 35.9 Å². The van der Waals surface area contributed by atoms with E-state index in [9.17, 15) is 54.9 Å². The van der Waals surface area contributed by atoms with E-state index < -0.39 is 141 Å². The number of hydrogen-bond donors (Lipinski definition) is 11. The van der Waals surface area contributed by atoms with E-state index >= 15 is 0 Å². The van der Waals surface area contributed by atoms with Crippen LogP contribution in [0, 0.1) is 0 Å². The summed E-state index contributed by atoms with van der Waals surface area (Å²) in [5.41, 5.74) is 5.95. The maximum absolute atomic E-state index is 14.2. The number of unbranched alkanes of at least 4 members (excludes halogenated alkanes) is 2. The van der Waals surface area contributed by atoms with Gasteiger partial charge < -0.3 is 85.0 Å². The summed E-state index contributed by atoms with van der Waals surface area (Å²) in [5, 5.41) is 91.1. The zero-order valence-electron chi connectivity index (χ0n) is 33.2. The molecule has 2 saturated heterocycles. The van der Waals surface area contributed by atoms with Gasteiger partial charge in [0, 0.05) is 14.2 Å². The lowest BCUT2D eigenvalue weighted by Gasteiger charge is -2.29. The number of aliphatic hydroxyl groups is 9. The molecule has 0 aromatic heterocycles. The van der Waals surface area contributed by atoms with Crippen molar-refractivity contribution in [3.63, 3.8) is 0 Å². The molecule has 350 valence electrons. The van der Waals surface area contributed by atoms with Gasteiger partial charge in [0.2, 0.25) is 0 Å². The molecule has 16 atom stereocenters. The molecule has 3 rings (SSSR count). The quantitative estimate of drug-likeness (QED) is 0.0261. The summed E-state index contributed by atoms with van der Waals surface area (Å²) in [5.74, 6) is 0. The first kappa shape index (κ1) is 53.1. The lowest BCUT2D eigenvalue weighted by atomic mass is 10.1. The highest BCUT2D eigenvalue weighted by molar-refractivity contribution is 7.48. The molecule has 24 nitrogen and oxygen atoms in total. The van der Waals surface area contributed by atoms with E-state index in [-0.39, 0.29) is 13.2 Å². The minimum atomic E-state index is -4.84. The molecule has 0 aliphatic carbocycles. The Kier molecular flexibility index (Phi) is 23.5. The van der Waals surface area contributed by atoms with E-state index in [2.05, 4.69) is 0 Å². The van der Waals surface area contributed by atoms with Crippen LogP contribution in [0.1, 0.15) is 24.8 Å². The second-order valence-corrected chi connectivity index (χ2v) is 16.8. The summed E-state index contributed by atoms with van der Waals surface area (Å²) in [4.78, 5) is 10.3. The van der Waals surface area contributed by atoms with Crippen LogP contribution in [0.15, 0.2) is 30.3 Å². The molecule has 0 radical (unpaired) electrons. The normalized spacial score (nSPS) is 29.7. The van der Waals surface area contributed by atoms with E-state index in [1.165, 1.54) is 14.2 Å². The van der Waals surface area contributed by atoms with Crippen molar-refractivity contribution in [2.45, 2.75) is 112 Å². The molecule has 12 N–H and O–H groups in total. The fourth-order valence-corrected chi connectivity index (χ4v) is 8.31. The van der Waals surface area contributed by atoms with Gasteiger partial charge >= 0.3 is 15.6 Å². The Balaban J connectivity index is 1.65. The van der Waals surface area contributed by atoms with Crippen LogP contribution in [0.4, 0.5) is 0 Å². The number of aliphatic hydroxyl groups excluding tert-OH is 9. The maximum atomic E-state index is 14.2. The molecule has 0 saturated carbocycles. The molecule has 2 aliphatic heterocycles. The smallest absolute Gasteiger partial charge is 0.394 e. The average Bonchev–Trinajstić information content (AvgIpc) is 3.76. The van der Waals surface area contributed by atoms with E-state index in [1.54, 1.807) is 30.3 Å². The minimum absolute atomic E-state index is 0.112. The molecule has 60 heavy (non-hydrogen) atoms. The number of hydrogen-bond acceptors (Lipinski definition) is 23. The molecule has 1 aromatic rings. The molecular formula is C34H61NO23P2. The highest BCUT2D eigenvalue weighted by Gasteiger charge is 2.52. The second-order valence-electron chi connectivity index (χ2n) is 13.7. The van der Waals surface area contributed by atoms with Gasteiger partial charge in [-0.3, -0.25) is 22.6 Å². The fraction of sp³-hybridized carbons (Fsp3) is 0.824. The average molecular weight is 914 g/mol. The van der Waals surface area contributed by atoms with Crippen LogP contribution in [0.25, 0.3) is 0 Å². The van der Waals surface area contributed by atoms with E-state index in [1.807, 2.05) is 0 Å². The van der Waals surface area contributed by atoms with Crippen molar-refractivity contribution < 1.29 is 111 Å². The Hall–Kier alpha value is -1.20. The van der Waals surface area contributed by atoms with Crippen molar-refractivity contribution in [3.8, 4) is 0 Å². The third kappa shape index (κ3) is 16.1. The van der Waals surface area contributed by atoms with Gasteiger partial charge in [-0.1, -0.05) is 30.3 Å². The minimum Gasteiger partial charge on any atom is -0.394 e. The summed E-state index contributed by atoms with van der Waals surface area (Å²) in [7, 11) is -7.12. The van der Waals surface area contributed by atoms with Gasteiger partial charge in [-0.2, -0.15) is 0 Å². The van der Waals surface area contributed by atoms with E-state index in [4.69, 9.17) is 61.9 Å². The van der Waals surface area contributed by atoms with Crippen LogP contribution < -0.4 is 5.73 Å². The standard InChI is InChI=1S/C34H61NO23P2/c1-48-31-29(57-59(45,46)52-12-8-4-7-11-35)25(14-37)55-33(31)51-18-23(41)28(44)24(42)19-54-60(47,53-16-20-9-5-3-6-10-20)58-30-26(15-38)56-34(32(30)49-2)50-17-22(40)27(43)21(39)13-36/h3,5-6,9-10,21-34,36-44H,4,7-8,11-19,35H2,1-2H3,(H,45,46)/t21?,22?,23?,24?,25-,26-,27?,28?,29?,30?,31?,32?,33-,34-,60?/m1/s1. The maximum Gasteiger partial charge on any atom is 0.475 e. The largest absolute Gasteiger partial charge is 0.475 e. The van der Waals surface area contributed by atoms with Crippen LogP contribution in [-0.2, 0) is 66.8 Å². The Morgan fingerprint density at radius 2 is 1.18 bits per heavy atom. The van der Waals surface area contributed by atoms with Crippen LogP contribution in [0.2, 0.25) is 0 Å². The van der Waals surface area contributed by atoms with Gasteiger partial charge in [-0.25, -0.2) is 9.13 Å². The van der Waals surface area contributed by atoms with Gasteiger partial charge in [0.25, 0.3) is 0 Å². The van der Waals surface area contributed by atoms with E-state index in [0.29, 0.717) is 31.4 Å². The van der Waals surface area contributed by atoms with Crippen LogP contribution in [-0.4, -0.2) is 204 Å². The second kappa shape index (κ2) is 26.6. The Bertz CT molecular complexity index is 1420. The van der Waals surface area contributed by atoms with Crippen molar-refractivity contribution >= 4 is 15.6 Å². The first-order chi connectivity index (χ1) is 28.6. The number of rotatable bonds is 31. The summed E-state index contributed by atoms with van der Waals surface area (Å²) < 4.78 is 86.8. The van der Waals surface area contributed by atoms with Gasteiger partial charge in [0.05, 0.1) is 52.9 Å². The predicted octanol–water partition coefficient (Wildman–Crippen LogP) is -3.00. The van der Waals surface area contributed by atoms with Gasteiger partial charge in [-0.15, -0.1) is 0 Å². The molecule has 2 heterocycles. The molecule has 0 spiro atoms. The highest BCUT2D eigenvalue weighted by atomic mass is 31.2. The van der Waals surface area contributed by atoms with Gasteiger partial charge in [0.1, 0.15) is 73.2 Å². The van der Waals surface area contributed by atoms with Crippen molar-refractivity contribution in [2.24, 2.45) is 5.73 Å². The number of benzene rings is 1. The summed E-state index contributed by atoms with van der Waals surface area (Å²) in [6.07, 6.45) is -20.1. The van der Waals surface area contributed by atoms with Crippen molar-refractivity contribution in [1.82, 2.24) is 0 Å². The Morgan fingerprint density at radius 1 is 0.667 bits per heavy atom. The third-order valence-electron chi connectivity index (χ3n) is 9.31. The lowest BCUT2D eigenvalue weighted by molar-refractivity contribution is -0.198. The number of phosphoric ester groups is 2. The number of ether oxygens (including phenoxy) is 6. The van der Waals surface area contributed by atoms with Gasteiger partial charge in [-0.05, 0) is 31.4 Å². The Labute approximate surface area is 346 Å². The molecule has 2 fully saturated rings. The van der Waals surface area contributed by atoms with E-state index in [0.717, 1.165) is 0 Å². The fourth-order valence-electron chi connectivity index (χ4n) is 5.93. The summed E-state index contributed by atoms with van der Waals surface area (Å²) in [6, 6.07) is 8.32. The Morgan fingerprint density at radius 3 is 1.68 bits per heavy atom. The molecule has 12 unspecified atom stereocenters. The molecular weight excluding hydrogens is 852 g/mol. The molecule has 2 aliphatic rings. The summed E-state index contributed by atoms with van der Waals surface area (Å²) in [6.45, 7) is -4.74. The number of phosphoric acid groups is 2. The number of nitrogens with two attached hydrogens (primary N) is 1. The van der Waals surface area contributed by atoms with Crippen molar-refractivity contribution in [2.75, 3.05) is 67.0 Å². The zero-order valence-corrected chi connectivity index (χ0v) is 35.0. The van der Waals surface area contributed by atoms with Gasteiger partial charge in [0.15, 0.2) is 12.6 Å². The summed E-state index contributed by atoms with van der Waals surface area (Å²) >= 11 is 0. The molecule has 26 heteroatoms. The molecule has 1 aromatic carbocycles. The van der Waals surface area contributed by atoms with Crippen molar-refractivity contribution in [1.29, 1.82) is 0 Å². The monoisotopic (exact) mass is 913 g/mol. The first-order valence-corrected chi connectivity index (χ1v) is 22.0. The third-order valence-corrected chi connectivity index (χ3v) is 11.7. The molecule has 0 amide bonds. The van der Waals surface area contributed by atoms with Crippen LogP contribution >= 0.6 is 15.6 Å². The van der Waals surface area contributed by atoms with Crippen LogP contribution in [0.5, 0.6) is 0 Å². The zero-order chi connectivity index (χ0) is 44.5. The lowest BCUT2D eigenvalue weighted by Crippen LogP contribution is -2.44. The topological polar surface area (TPSA) is 364 Å². The van der Waals surface area contributed by atoms with Crippen LogP contribution in [0.3, 0.4) is 0 Å².